The van der Waals surface area contributed by atoms with E-state index in [-0.39, 0.29) is 5.91 Å². The van der Waals surface area contributed by atoms with Crippen LogP contribution in [0.15, 0.2) is 64.4 Å². The van der Waals surface area contributed by atoms with Crippen LogP contribution in [0.3, 0.4) is 0 Å². The van der Waals surface area contributed by atoms with E-state index in [9.17, 15) is 13.2 Å². The van der Waals surface area contributed by atoms with Crippen LogP contribution in [-0.2, 0) is 14.6 Å². The lowest BCUT2D eigenvalue weighted by Gasteiger charge is -2.05. The summed E-state index contributed by atoms with van der Waals surface area (Å²) in [6.45, 7) is 0. The molecule has 0 saturated carbocycles. The first-order valence-electron chi connectivity index (χ1n) is 6.73. The van der Waals surface area contributed by atoms with E-state index in [2.05, 4.69) is 5.32 Å². The van der Waals surface area contributed by atoms with E-state index < -0.39 is 9.84 Å². The Bertz CT molecular complexity index is 726. The van der Waals surface area contributed by atoms with Gasteiger partial charge in [0.25, 0.3) is 0 Å². The number of benzene rings is 2. The standard InChI is InChI=1S/C16H17NO3S2/c1-22(19,20)15-9-7-14(8-10-15)21-12-11-16(18)17-13-5-3-2-4-6-13/h2-10H,11-12H2,1H3,(H,17,18). The zero-order valence-electron chi connectivity index (χ0n) is 12.2. The number of carbonyl (C=O) groups is 1. The first-order chi connectivity index (χ1) is 10.4. The lowest BCUT2D eigenvalue weighted by molar-refractivity contribution is -0.115. The molecule has 0 aliphatic rings. The van der Waals surface area contributed by atoms with Gasteiger partial charge in [0, 0.05) is 29.0 Å². The van der Waals surface area contributed by atoms with E-state index >= 15 is 0 Å². The summed E-state index contributed by atoms with van der Waals surface area (Å²) in [6.07, 6.45) is 1.58. The van der Waals surface area contributed by atoms with Gasteiger partial charge in [0.2, 0.25) is 5.91 Å². The van der Waals surface area contributed by atoms with E-state index in [4.69, 9.17) is 0 Å². The number of hydrogen-bond acceptors (Lipinski definition) is 4. The highest BCUT2D eigenvalue weighted by molar-refractivity contribution is 7.99. The van der Waals surface area contributed by atoms with Crippen LogP contribution in [0.2, 0.25) is 0 Å². The number of rotatable bonds is 6. The molecular weight excluding hydrogens is 318 g/mol. The van der Waals surface area contributed by atoms with Crippen molar-refractivity contribution in [1.29, 1.82) is 0 Å². The van der Waals surface area contributed by atoms with Gasteiger partial charge in [-0.25, -0.2) is 8.42 Å². The normalized spacial score (nSPS) is 11.1. The molecule has 116 valence electrons. The Morgan fingerprint density at radius 2 is 1.68 bits per heavy atom. The third-order valence-electron chi connectivity index (χ3n) is 2.91. The summed E-state index contributed by atoms with van der Waals surface area (Å²) >= 11 is 1.52. The van der Waals surface area contributed by atoms with Crippen LogP contribution >= 0.6 is 11.8 Å². The predicted octanol–water partition coefficient (Wildman–Crippen LogP) is 3.21. The van der Waals surface area contributed by atoms with Gasteiger partial charge in [0.05, 0.1) is 4.90 Å². The largest absolute Gasteiger partial charge is 0.326 e. The Balaban J connectivity index is 1.80. The summed E-state index contributed by atoms with van der Waals surface area (Å²) in [7, 11) is -3.16. The van der Waals surface area contributed by atoms with Crippen molar-refractivity contribution in [1.82, 2.24) is 0 Å². The molecule has 0 unspecified atom stereocenters. The van der Waals surface area contributed by atoms with Crippen molar-refractivity contribution in [3.63, 3.8) is 0 Å². The fourth-order valence-corrected chi connectivity index (χ4v) is 3.27. The smallest absolute Gasteiger partial charge is 0.225 e. The topological polar surface area (TPSA) is 63.2 Å². The fourth-order valence-electron chi connectivity index (χ4n) is 1.79. The lowest BCUT2D eigenvalue weighted by atomic mass is 10.3. The minimum Gasteiger partial charge on any atom is -0.326 e. The molecular formula is C16H17NO3S2. The molecule has 0 spiro atoms. The Hall–Kier alpha value is -1.79. The number of carbonyl (C=O) groups excluding carboxylic acids is 1. The van der Waals surface area contributed by atoms with Gasteiger partial charge in [-0.2, -0.15) is 0 Å². The number of hydrogen-bond donors (Lipinski definition) is 1. The van der Waals surface area contributed by atoms with Crippen LogP contribution in [0.4, 0.5) is 5.69 Å². The molecule has 2 aromatic rings. The predicted molar refractivity (Wildman–Crippen MR) is 90.0 cm³/mol. The van der Waals surface area contributed by atoms with Gasteiger partial charge in [-0.05, 0) is 36.4 Å². The van der Waals surface area contributed by atoms with Crippen LogP contribution < -0.4 is 5.32 Å². The highest BCUT2D eigenvalue weighted by Crippen LogP contribution is 2.21. The summed E-state index contributed by atoms with van der Waals surface area (Å²) in [5.74, 6) is 0.600. The number of para-hydroxylation sites is 1. The molecule has 0 radical (unpaired) electrons. The lowest BCUT2D eigenvalue weighted by Crippen LogP contribution is -2.11. The second kappa shape index (κ2) is 7.47. The van der Waals surface area contributed by atoms with Gasteiger partial charge in [-0.1, -0.05) is 18.2 Å². The van der Waals surface area contributed by atoms with E-state index in [0.29, 0.717) is 17.1 Å². The molecule has 6 heteroatoms. The molecule has 0 aromatic heterocycles. The van der Waals surface area contributed by atoms with Crippen molar-refractivity contribution >= 4 is 33.2 Å². The maximum atomic E-state index is 11.8. The van der Waals surface area contributed by atoms with Crippen molar-refractivity contribution in [2.24, 2.45) is 0 Å². The first kappa shape index (κ1) is 16.6. The molecule has 0 aliphatic heterocycles. The third kappa shape index (κ3) is 5.20. The highest BCUT2D eigenvalue weighted by atomic mass is 32.2. The summed E-state index contributed by atoms with van der Waals surface area (Å²) in [5.41, 5.74) is 0.787. The van der Waals surface area contributed by atoms with E-state index in [1.807, 2.05) is 30.3 Å². The molecule has 0 saturated heterocycles. The van der Waals surface area contributed by atoms with Crippen LogP contribution in [-0.4, -0.2) is 26.3 Å². The van der Waals surface area contributed by atoms with E-state index in [0.717, 1.165) is 10.6 Å². The average Bonchev–Trinajstić information content (AvgIpc) is 2.48. The number of nitrogens with one attached hydrogen (secondary N) is 1. The van der Waals surface area contributed by atoms with Gasteiger partial charge < -0.3 is 5.32 Å². The van der Waals surface area contributed by atoms with Crippen molar-refractivity contribution in [3.05, 3.63) is 54.6 Å². The molecule has 1 amide bonds. The summed E-state index contributed by atoms with van der Waals surface area (Å²) in [4.78, 5) is 13.0. The summed E-state index contributed by atoms with van der Waals surface area (Å²) in [6, 6.07) is 16.0. The molecule has 0 heterocycles. The Morgan fingerprint density at radius 1 is 1.05 bits per heavy atom. The molecule has 22 heavy (non-hydrogen) atoms. The SMILES string of the molecule is CS(=O)(=O)c1ccc(SCCC(=O)Nc2ccccc2)cc1. The van der Waals surface area contributed by atoms with Crippen LogP contribution in [0.25, 0.3) is 0 Å². The van der Waals surface area contributed by atoms with Crippen LogP contribution in [0.1, 0.15) is 6.42 Å². The quantitative estimate of drug-likeness (QED) is 0.823. The second-order valence-corrected chi connectivity index (χ2v) is 7.94. The third-order valence-corrected chi connectivity index (χ3v) is 5.05. The first-order valence-corrected chi connectivity index (χ1v) is 9.61. The fraction of sp³-hybridized carbons (Fsp3) is 0.188. The second-order valence-electron chi connectivity index (χ2n) is 4.76. The van der Waals surface area contributed by atoms with Gasteiger partial charge in [-0.3, -0.25) is 4.79 Å². The molecule has 0 fully saturated rings. The minimum atomic E-state index is -3.16. The monoisotopic (exact) mass is 335 g/mol. The average molecular weight is 335 g/mol. The van der Waals surface area contributed by atoms with Gasteiger partial charge >= 0.3 is 0 Å². The molecule has 1 N–H and O–H groups in total. The van der Waals surface area contributed by atoms with Crippen molar-refractivity contribution in [2.45, 2.75) is 16.2 Å². The van der Waals surface area contributed by atoms with Crippen molar-refractivity contribution in [3.8, 4) is 0 Å². The van der Waals surface area contributed by atoms with Gasteiger partial charge in [0.15, 0.2) is 9.84 Å². The van der Waals surface area contributed by atoms with E-state index in [1.165, 1.54) is 18.0 Å². The zero-order valence-corrected chi connectivity index (χ0v) is 13.8. The van der Waals surface area contributed by atoms with Crippen molar-refractivity contribution in [2.75, 3.05) is 17.3 Å². The molecule has 2 aromatic carbocycles. The molecule has 0 aliphatic carbocycles. The molecule has 4 nitrogen and oxygen atoms in total. The molecule has 0 atom stereocenters. The van der Waals surface area contributed by atoms with Crippen molar-refractivity contribution < 1.29 is 13.2 Å². The maximum absolute atomic E-state index is 11.8. The number of anilines is 1. The Morgan fingerprint density at radius 3 is 2.27 bits per heavy atom. The van der Waals surface area contributed by atoms with Gasteiger partial charge in [-0.15, -0.1) is 11.8 Å². The number of sulfone groups is 1. The van der Waals surface area contributed by atoms with Crippen LogP contribution in [0, 0.1) is 0 Å². The number of amides is 1. The Labute approximate surface area is 134 Å². The minimum absolute atomic E-state index is 0.0357. The van der Waals surface area contributed by atoms with E-state index in [1.54, 1.807) is 24.3 Å². The zero-order chi connectivity index (χ0) is 16.0. The van der Waals surface area contributed by atoms with Gasteiger partial charge in [0.1, 0.15) is 0 Å². The maximum Gasteiger partial charge on any atom is 0.225 e. The van der Waals surface area contributed by atoms with Crippen LogP contribution in [0.5, 0.6) is 0 Å². The molecule has 2 rings (SSSR count). The summed E-state index contributed by atoms with van der Waals surface area (Å²) < 4.78 is 22.7. The molecule has 0 bridgehead atoms. The highest BCUT2D eigenvalue weighted by Gasteiger charge is 2.07. The number of thioether (sulfide) groups is 1. The summed E-state index contributed by atoms with van der Waals surface area (Å²) in [5, 5.41) is 2.83. The Kier molecular flexibility index (Phi) is 5.63.